The average Bonchev–Trinajstić information content (AvgIpc) is 2.92. The molecule has 0 N–H and O–H groups in total. The first-order valence-electron chi connectivity index (χ1n) is 11.4. The summed E-state index contributed by atoms with van der Waals surface area (Å²) in [6.45, 7) is 0. The molecule has 0 aliphatic rings. The number of nitrogens with zero attached hydrogens (tertiary/aromatic N) is 2. The van der Waals surface area contributed by atoms with Crippen LogP contribution in [0.1, 0.15) is 0 Å². The molecule has 4 heteroatoms. The van der Waals surface area contributed by atoms with Gasteiger partial charge in [0.25, 0.3) is 5.69 Å². The second kappa shape index (κ2) is 8.50. The predicted octanol–water partition coefficient (Wildman–Crippen LogP) is 8.30. The third-order valence-corrected chi connectivity index (χ3v) is 6.33. The zero-order valence-corrected chi connectivity index (χ0v) is 18.8. The molecule has 0 unspecified atom stereocenters. The van der Waals surface area contributed by atoms with Gasteiger partial charge in [-0.3, -0.25) is 10.1 Å². The zero-order valence-electron chi connectivity index (χ0n) is 18.8. The quantitative estimate of drug-likeness (QED) is 0.200. The first-order chi connectivity index (χ1) is 17.2. The second-order valence-corrected chi connectivity index (χ2v) is 8.52. The van der Waals surface area contributed by atoms with Gasteiger partial charge in [0.2, 0.25) is 0 Å². The van der Waals surface area contributed by atoms with Crippen molar-refractivity contribution in [2.24, 2.45) is 0 Å². The Balaban J connectivity index is 1.59. The molecule has 0 atom stereocenters. The fourth-order valence-electron chi connectivity index (χ4n) is 4.56. The number of hydrogen-bond donors (Lipinski definition) is 0. The number of aromatic nitrogens is 1. The van der Waals surface area contributed by atoms with E-state index in [9.17, 15) is 10.1 Å². The molecule has 0 fully saturated rings. The van der Waals surface area contributed by atoms with Gasteiger partial charge >= 0.3 is 0 Å². The van der Waals surface area contributed by atoms with Crippen molar-refractivity contribution in [2.75, 3.05) is 0 Å². The lowest BCUT2D eigenvalue weighted by Crippen LogP contribution is -1.95. The van der Waals surface area contributed by atoms with Crippen LogP contribution in [-0.4, -0.2) is 9.91 Å². The molecule has 0 saturated carbocycles. The highest BCUT2D eigenvalue weighted by Gasteiger charge is 2.17. The highest BCUT2D eigenvalue weighted by Crippen LogP contribution is 2.36. The summed E-state index contributed by atoms with van der Waals surface area (Å²) in [6.07, 6.45) is 0. The van der Waals surface area contributed by atoms with Crippen LogP contribution in [0.5, 0.6) is 0 Å². The maximum Gasteiger partial charge on any atom is 0.277 e. The van der Waals surface area contributed by atoms with Crippen molar-refractivity contribution in [3.8, 4) is 33.6 Å². The SMILES string of the molecule is O=[N+]([O-])c1ccccc1-c1cc(-c2ccc3ccccc3c2)nc(-c2ccc3ccccc3c2)c1. The molecule has 5 aromatic carbocycles. The summed E-state index contributed by atoms with van der Waals surface area (Å²) in [6, 6.07) is 39.6. The van der Waals surface area contributed by atoms with Crippen molar-refractivity contribution in [3.63, 3.8) is 0 Å². The molecule has 0 aliphatic carbocycles. The summed E-state index contributed by atoms with van der Waals surface area (Å²) in [4.78, 5) is 16.5. The van der Waals surface area contributed by atoms with Crippen LogP contribution in [0.25, 0.3) is 55.2 Å². The van der Waals surface area contributed by atoms with Gasteiger partial charge in [-0.15, -0.1) is 0 Å². The Labute approximate surface area is 202 Å². The van der Waals surface area contributed by atoms with Crippen LogP contribution in [0.3, 0.4) is 0 Å². The Morgan fingerprint density at radius 2 is 1.00 bits per heavy atom. The number of hydrogen-bond acceptors (Lipinski definition) is 3. The van der Waals surface area contributed by atoms with E-state index >= 15 is 0 Å². The van der Waals surface area contributed by atoms with Crippen LogP contribution >= 0.6 is 0 Å². The van der Waals surface area contributed by atoms with E-state index in [1.54, 1.807) is 18.2 Å². The molecular weight excluding hydrogens is 432 g/mol. The lowest BCUT2D eigenvalue weighted by Gasteiger charge is -2.12. The van der Waals surface area contributed by atoms with Gasteiger partial charge in [0.05, 0.1) is 21.9 Å². The first kappa shape index (κ1) is 20.8. The Bertz CT molecular complexity index is 1640. The highest BCUT2D eigenvalue weighted by molar-refractivity contribution is 5.90. The van der Waals surface area contributed by atoms with Crippen molar-refractivity contribution in [2.45, 2.75) is 0 Å². The molecule has 0 spiro atoms. The van der Waals surface area contributed by atoms with E-state index in [0.717, 1.165) is 49.6 Å². The topological polar surface area (TPSA) is 56.0 Å². The molecule has 6 rings (SSSR count). The van der Waals surface area contributed by atoms with E-state index in [2.05, 4.69) is 60.7 Å². The Morgan fingerprint density at radius 1 is 0.514 bits per heavy atom. The van der Waals surface area contributed by atoms with Crippen LogP contribution < -0.4 is 0 Å². The largest absolute Gasteiger partial charge is 0.277 e. The van der Waals surface area contributed by atoms with Crippen LogP contribution in [-0.2, 0) is 0 Å². The smallest absolute Gasteiger partial charge is 0.258 e. The Morgan fingerprint density at radius 3 is 1.54 bits per heavy atom. The lowest BCUT2D eigenvalue weighted by atomic mass is 9.97. The highest BCUT2D eigenvalue weighted by atomic mass is 16.6. The van der Waals surface area contributed by atoms with Gasteiger partial charge in [0, 0.05) is 17.2 Å². The monoisotopic (exact) mass is 452 g/mol. The fourth-order valence-corrected chi connectivity index (χ4v) is 4.56. The summed E-state index contributed by atoms with van der Waals surface area (Å²) in [5.41, 5.74) is 4.89. The van der Waals surface area contributed by atoms with Crippen LogP contribution in [0.2, 0.25) is 0 Å². The minimum Gasteiger partial charge on any atom is -0.258 e. The first-order valence-corrected chi connectivity index (χ1v) is 11.4. The molecule has 6 aromatic rings. The van der Waals surface area contributed by atoms with Crippen molar-refractivity contribution in [1.29, 1.82) is 0 Å². The lowest BCUT2D eigenvalue weighted by molar-refractivity contribution is -0.384. The van der Waals surface area contributed by atoms with Crippen molar-refractivity contribution >= 4 is 27.2 Å². The van der Waals surface area contributed by atoms with Crippen molar-refractivity contribution in [3.05, 3.63) is 131 Å². The molecule has 0 bridgehead atoms. The molecule has 0 amide bonds. The third-order valence-electron chi connectivity index (χ3n) is 6.33. The fraction of sp³-hybridized carbons (Fsp3) is 0. The van der Waals surface area contributed by atoms with Gasteiger partial charge in [-0.25, -0.2) is 4.98 Å². The summed E-state index contributed by atoms with van der Waals surface area (Å²) >= 11 is 0. The van der Waals surface area contributed by atoms with Gasteiger partial charge in [-0.2, -0.15) is 0 Å². The van der Waals surface area contributed by atoms with Gasteiger partial charge < -0.3 is 0 Å². The van der Waals surface area contributed by atoms with Gasteiger partial charge in [-0.1, -0.05) is 84.9 Å². The maximum atomic E-state index is 11.8. The van der Waals surface area contributed by atoms with E-state index < -0.39 is 0 Å². The standard InChI is InChI=1S/C31H20N2O2/c34-33(35)31-12-6-5-11-28(31)27-19-29(25-15-13-21-7-1-3-9-23(21)17-25)32-30(20-27)26-16-14-22-8-2-4-10-24(22)18-26/h1-20H. The maximum absolute atomic E-state index is 11.8. The molecule has 35 heavy (non-hydrogen) atoms. The zero-order chi connectivity index (χ0) is 23.8. The van der Waals surface area contributed by atoms with Crippen LogP contribution in [0.4, 0.5) is 5.69 Å². The molecular formula is C31H20N2O2. The van der Waals surface area contributed by atoms with Gasteiger partial charge in [0.1, 0.15) is 0 Å². The number of nitro groups is 1. The normalized spacial score (nSPS) is 11.1. The van der Waals surface area contributed by atoms with Crippen LogP contribution in [0.15, 0.2) is 121 Å². The Kier molecular flexibility index (Phi) is 5.04. The van der Waals surface area contributed by atoms with Gasteiger partial charge in [-0.05, 0) is 57.4 Å². The molecule has 0 radical (unpaired) electrons. The van der Waals surface area contributed by atoms with Crippen molar-refractivity contribution < 1.29 is 4.92 Å². The summed E-state index contributed by atoms with van der Waals surface area (Å²) in [5, 5.41) is 16.3. The van der Waals surface area contributed by atoms with Crippen LogP contribution in [0, 0.1) is 10.1 Å². The number of para-hydroxylation sites is 1. The molecule has 1 heterocycles. The molecule has 1 aromatic heterocycles. The molecule has 166 valence electrons. The third kappa shape index (κ3) is 3.91. The summed E-state index contributed by atoms with van der Waals surface area (Å²) < 4.78 is 0. The second-order valence-electron chi connectivity index (χ2n) is 8.52. The molecule has 0 aliphatic heterocycles. The molecule has 0 saturated heterocycles. The number of fused-ring (bicyclic) bond motifs is 2. The minimum absolute atomic E-state index is 0.0765. The number of pyridine rings is 1. The van der Waals surface area contributed by atoms with E-state index in [-0.39, 0.29) is 10.6 Å². The number of nitro benzene ring substituents is 1. The summed E-state index contributed by atoms with van der Waals surface area (Å²) in [7, 11) is 0. The van der Waals surface area contributed by atoms with Crippen molar-refractivity contribution in [1.82, 2.24) is 4.98 Å². The average molecular weight is 453 g/mol. The predicted molar refractivity (Wildman–Crippen MR) is 142 cm³/mol. The van der Waals surface area contributed by atoms with E-state index in [1.165, 1.54) is 0 Å². The van der Waals surface area contributed by atoms with Gasteiger partial charge in [0.15, 0.2) is 0 Å². The Hall–Kier alpha value is -4.83. The van der Waals surface area contributed by atoms with E-state index in [1.807, 2.05) is 42.5 Å². The molecule has 4 nitrogen and oxygen atoms in total. The summed E-state index contributed by atoms with van der Waals surface area (Å²) in [5.74, 6) is 0. The number of rotatable bonds is 4. The van der Waals surface area contributed by atoms with E-state index in [4.69, 9.17) is 4.98 Å². The number of benzene rings is 5. The minimum atomic E-state index is -0.332. The van der Waals surface area contributed by atoms with E-state index in [0.29, 0.717) is 5.56 Å².